The molecular formula is C18H25ClN4O4. The van der Waals surface area contributed by atoms with Gasteiger partial charge in [0.25, 0.3) is 11.6 Å². The molecule has 1 fully saturated rings. The van der Waals surface area contributed by atoms with E-state index in [1.807, 2.05) is 20.8 Å². The molecule has 1 heterocycles. The van der Waals surface area contributed by atoms with Gasteiger partial charge in [-0.1, -0.05) is 11.6 Å². The molecule has 2 N–H and O–H groups in total. The predicted molar refractivity (Wildman–Crippen MR) is 103 cm³/mol. The molecule has 0 atom stereocenters. The number of halogens is 1. The molecule has 8 nitrogen and oxygen atoms in total. The number of nitrogens with zero attached hydrogens (tertiary/aromatic N) is 2. The number of rotatable bonds is 4. The molecule has 1 saturated heterocycles. The van der Waals surface area contributed by atoms with Crippen LogP contribution in [0.2, 0.25) is 5.02 Å². The molecule has 0 spiro atoms. The Balaban J connectivity index is 1.85. The normalized spacial score (nSPS) is 15.3. The number of piperidine rings is 1. The summed E-state index contributed by atoms with van der Waals surface area (Å²) in [5.74, 6) is -0.193. The van der Waals surface area contributed by atoms with Crippen molar-refractivity contribution >= 4 is 29.2 Å². The third-order valence-corrected chi connectivity index (χ3v) is 4.67. The van der Waals surface area contributed by atoms with Crippen molar-refractivity contribution in [2.75, 3.05) is 19.6 Å². The molecule has 1 aromatic carbocycles. The van der Waals surface area contributed by atoms with E-state index in [-0.39, 0.29) is 33.8 Å². The lowest BCUT2D eigenvalue weighted by atomic mass is 9.96. The number of carbonyl (C=O) groups is 2. The van der Waals surface area contributed by atoms with Gasteiger partial charge in [0.2, 0.25) is 0 Å². The van der Waals surface area contributed by atoms with Crippen molar-refractivity contribution in [3.63, 3.8) is 0 Å². The van der Waals surface area contributed by atoms with Gasteiger partial charge in [-0.15, -0.1) is 0 Å². The summed E-state index contributed by atoms with van der Waals surface area (Å²) in [5.41, 5.74) is -0.366. The molecule has 0 unspecified atom stereocenters. The number of benzene rings is 1. The number of amides is 3. The van der Waals surface area contributed by atoms with Gasteiger partial charge in [-0.2, -0.15) is 0 Å². The van der Waals surface area contributed by atoms with Crippen LogP contribution < -0.4 is 10.6 Å². The highest BCUT2D eigenvalue weighted by molar-refractivity contribution is 6.33. The summed E-state index contributed by atoms with van der Waals surface area (Å²) in [6, 6.07) is 3.71. The molecule has 9 heteroatoms. The van der Waals surface area contributed by atoms with E-state index in [2.05, 4.69) is 10.6 Å². The summed E-state index contributed by atoms with van der Waals surface area (Å²) in [4.78, 5) is 36.6. The lowest BCUT2D eigenvalue weighted by Gasteiger charge is -2.34. The van der Waals surface area contributed by atoms with E-state index in [0.29, 0.717) is 19.6 Å². The maximum atomic E-state index is 12.3. The largest absolute Gasteiger partial charge is 0.352 e. The second-order valence-electron chi connectivity index (χ2n) is 7.74. The van der Waals surface area contributed by atoms with Gasteiger partial charge in [0, 0.05) is 37.3 Å². The smallest absolute Gasteiger partial charge is 0.317 e. The molecule has 0 bridgehead atoms. The van der Waals surface area contributed by atoms with Crippen molar-refractivity contribution in [3.05, 3.63) is 38.9 Å². The highest BCUT2D eigenvalue weighted by Crippen LogP contribution is 2.22. The predicted octanol–water partition coefficient (Wildman–Crippen LogP) is 3.20. The number of nitrogens with one attached hydrogen (secondary N) is 2. The maximum Gasteiger partial charge on any atom is 0.317 e. The van der Waals surface area contributed by atoms with Crippen LogP contribution >= 0.6 is 11.6 Å². The van der Waals surface area contributed by atoms with Gasteiger partial charge in [0.1, 0.15) is 0 Å². The number of hydrogen-bond acceptors (Lipinski definition) is 4. The lowest BCUT2D eigenvalue weighted by molar-refractivity contribution is -0.384. The fourth-order valence-corrected chi connectivity index (χ4v) is 3.08. The Morgan fingerprint density at radius 3 is 2.48 bits per heavy atom. The average Bonchev–Trinajstić information content (AvgIpc) is 2.58. The Morgan fingerprint density at radius 2 is 1.93 bits per heavy atom. The van der Waals surface area contributed by atoms with E-state index >= 15 is 0 Å². The van der Waals surface area contributed by atoms with Crippen LogP contribution in [-0.2, 0) is 0 Å². The van der Waals surface area contributed by atoms with E-state index in [9.17, 15) is 19.7 Å². The minimum absolute atomic E-state index is 0.0756. The fourth-order valence-electron chi connectivity index (χ4n) is 2.87. The summed E-state index contributed by atoms with van der Waals surface area (Å²) in [5, 5.41) is 16.8. The first kappa shape index (κ1) is 21.0. The molecular weight excluding hydrogens is 372 g/mol. The van der Waals surface area contributed by atoms with Crippen LogP contribution in [0.25, 0.3) is 0 Å². The van der Waals surface area contributed by atoms with Crippen LogP contribution in [-0.4, -0.2) is 46.9 Å². The molecule has 0 radical (unpaired) electrons. The number of non-ortho nitro benzene ring substituents is 1. The SMILES string of the molecule is CC(C)(C)NC(=O)N1CCC(CNC(=O)c2cc([N+](=O)[O-])ccc2Cl)CC1. The summed E-state index contributed by atoms with van der Waals surface area (Å²) in [6.45, 7) is 7.50. The van der Waals surface area contributed by atoms with E-state index < -0.39 is 10.8 Å². The van der Waals surface area contributed by atoms with Crippen molar-refractivity contribution < 1.29 is 14.5 Å². The third-order valence-electron chi connectivity index (χ3n) is 4.34. The zero-order valence-electron chi connectivity index (χ0n) is 15.8. The number of nitro groups is 1. The molecule has 1 aromatic rings. The third kappa shape index (κ3) is 6.09. The summed E-state index contributed by atoms with van der Waals surface area (Å²) in [6.07, 6.45) is 1.56. The van der Waals surface area contributed by atoms with Crippen LogP contribution in [0.5, 0.6) is 0 Å². The number of nitro benzene ring substituents is 1. The van der Waals surface area contributed by atoms with E-state index in [0.717, 1.165) is 12.8 Å². The minimum atomic E-state index is -0.564. The van der Waals surface area contributed by atoms with Crippen molar-refractivity contribution in [1.29, 1.82) is 0 Å². The Bertz CT molecular complexity index is 725. The number of urea groups is 1. The monoisotopic (exact) mass is 396 g/mol. The molecule has 0 aliphatic carbocycles. The summed E-state index contributed by atoms with van der Waals surface area (Å²) >= 11 is 5.99. The van der Waals surface area contributed by atoms with Crippen LogP contribution in [0.3, 0.4) is 0 Å². The lowest BCUT2D eigenvalue weighted by Crippen LogP contribution is -2.51. The van der Waals surface area contributed by atoms with Gasteiger partial charge in [-0.25, -0.2) is 4.79 Å². The first-order chi connectivity index (χ1) is 12.6. The van der Waals surface area contributed by atoms with Gasteiger partial charge in [0.05, 0.1) is 15.5 Å². The molecule has 0 aromatic heterocycles. The highest BCUT2D eigenvalue weighted by Gasteiger charge is 2.25. The highest BCUT2D eigenvalue weighted by atomic mass is 35.5. The summed E-state index contributed by atoms with van der Waals surface area (Å²) < 4.78 is 0. The zero-order valence-corrected chi connectivity index (χ0v) is 16.5. The van der Waals surface area contributed by atoms with Crippen LogP contribution in [0.4, 0.5) is 10.5 Å². The van der Waals surface area contributed by atoms with Crippen molar-refractivity contribution in [1.82, 2.24) is 15.5 Å². The van der Waals surface area contributed by atoms with Crippen LogP contribution in [0.1, 0.15) is 44.0 Å². The fraction of sp³-hybridized carbons (Fsp3) is 0.556. The maximum absolute atomic E-state index is 12.3. The first-order valence-corrected chi connectivity index (χ1v) is 9.24. The standard InChI is InChI=1S/C18H25ClN4O4/c1-18(2,3)21-17(25)22-8-6-12(7-9-22)11-20-16(24)14-10-13(23(26)27)4-5-15(14)19/h4-5,10,12H,6-9,11H2,1-3H3,(H,20,24)(H,21,25). The number of likely N-dealkylation sites (tertiary alicyclic amines) is 1. The average molecular weight is 397 g/mol. The molecule has 3 amide bonds. The summed E-state index contributed by atoms with van der Waals surface area (Å²) in [7, 11) is 0. The van der Waals surface area contributed by atoms with Crippen molar-refractivity contribution in [2.24, 2.45) is 5.92 Å². The van der Waals surface area contributed by atoms with Gasteiger partial charge >= 0.3 is 6.03 Å². The molecule has 1 aliphatic heterocycles. The van der Waals surface area contributed by atoms with Crippen molar-refractivity contribution in [2.45, 2.75) is 39.2 Å². The zero-order chi connectivity index (χ0) is 20.2. The Labute approximate surface area is 163 Å². The first-order valence-electron chi connectivity index (χ1n) is 8.86. The molecule has 148 valence electrons. The van der Waals surface area contributed by atoms with Gasteiger partial charge in [-0.3, -0.25) is 14.9 Å². The van der Waals surface area contributed by atoms with E-state index in [1.165, 1.54) is 18.2 Å². The topological polar surface area (TPSA) is 105 Å². The molecule has 1 aliphatic rings. The van der Waals surface area contributed by atoms with Gasteiger partial charge in [0.15, 0.2) is 0 Å². The minimum Gasteiger partial charge on any atom is -0.352 e. The van der Waals surface area contributed by atoms with E-state index in [4.69, 9.17) is 11.6 Å². The quantitative estimate of drug-likeness (QED) is 0.602. The van der Waals surface area contributed by atoms with Crippen molar-refractivity contribution in [3.8, 4) is 0 Å². The number of carbonyl (C=O) groups excluding carboxylic acids is 2. The Kier molecular flexibility index (Phi) is 6.64. The second kappa shape index (κ2) is 8.56. The van der Waals surface area contributed by atoms with Gasteiger partial charge < -0.3 is 15.5 Å². The van der Waals surface area contributed by atoms with E-state index in [1.54, 1.807) is 4.90 Å². The molecule has 0 saturated carbocycles. The van der Waals surface area contributed by atoms with Crippen LogP contribution in [0, 0.1) is 16.0 Å². The van der Waals surface area contributed by atoms with Gasteiger partial charge in [-0.05, 0) is 45.6 Å². The Morgan fingerprint density at radius 1 is 1.30 bits per heavy atom. The molecule has 27 heavy (non-hydrogen) atoms. The number of hydrogen-bond donors (Lipinski definition) is 2. The second-order valence-corrected chi connectivity index (χ2v) is 8.15. The Hall–Kier alpha value is -2.35. The van der Waals surface area contributed by atoms with Crippen LogP contribution in [0.15, 0.2) is 18.2 Å². The molecule has 2 rings (SSSR count).